The van der Waals surface area contributed by atoms with E-state index in [-0.39, 0.29) is 6.03 Å². The topological polar surface area (TPSA) is 41.6 Å². The zero-order valence-corrected chi connectivity index (χ0v) is 14.6. The minimum absolute atomic E-state index is 0.0418. The molecule has 4 nitrogen and oxygen atoms in total. The summed E-state index contributed by atoms with van der Waals surface area (Å²) < 4.78 is 5.58. The molecule has 1 aliphatic rings. The molecule has 2 aromatic carbocycles. The van der Waals surface area contributed by atoms with Gasteiger partial charge in [0.05, 0.1) is 6.61 Å². The summed E-state index contributed by atoms with van der Waals surface area (Å²) in [6, 6.07) is 12.2. The van der Waals surface area contributed by atoms with Crippen molar-refractivity contribution < 1.29 is 9.53 Å². The van der Waals surface area contributed by atoms with E-state index in [2.05, 4.69) is 17.4 Å². The molecule has 0 unspecified atom stereocenters. The summed E-state index contributed by atoms with van der Waals surface area (Å²) in [4.78, 5) is 14.5. The summed E-state index contributed by atoms with van der Waals surface area (Å²) in [5, 5.41) is 3.07. The molecule has 2 amide bonds. The average molecular weight is 324 g/mol. The first kappa shape index (κ1) is 16.4. The van der Waals surface area contributed by atoms with Gasteiger partial charge >= 0.3 is 6.03 Å². The zero-order valence-electron chi connectivity index (χ0n) is 14.6. The van der Waals surface area contributed by atoms with E-state index in [4.69, 9.17) is 4.74 Å². The minimum Gasteiger partial charge on any atom is -0.494 e. The summed E-state index contributed by atoms with van der Waals surface area (Å²) in [6.45, 7) is 8.01. The van der Waals surface area contributed by atoms with Crippen molar-refractivity contribution in [2.24, 2.45) is 0 Å². The number of amides is 2. The monoisotopic (exact) mass is 324 g/mol. The van der Waals surface area contributed by atoms with Crippen molar-refractivity contribution in [3.05, 3.63) is 58.7 Å². The lowest BCUT2D eigenvalue weighted by molar-refractivity contribution is 0.206. The fraction of sp³-hybridized carbons (Fsp3) is 0.350. The fourth-order valence-corrected chi connectivity index (χ4v) is 3.16. The number of aryl methyl sites for hydroxylation is 2. The first-order valence-electron chi connectivity index (χ1n) is 8.45. The standard InChI is InChI=1S/C20H24N2O2/c1-4-24-18-9-8-16-10-11-22(13-17(16)12-18)20(23)21-19-14(2)6-5-7-15(19)3/h5-9,12H,4,10-11,13H2,1-3H3,(H,21,23). The Morgan fingerprint density at radius 2 is 1.92 bits per heavy atom. The molecule has 4 heteroatoms. The van der Waals surface area contributed by atoms with Gasteiger partial charge in [-0.2, -0.15) is 0 Å². The molecule has 1 N–H and O–H groups in total. The molecule has 0 fully saturated rings. The maximum absolute atomic E-state index is 12.7. The highest BCUT2D eigenvalue weighted by atomic mass is 16.5. The van der Waals surface area contributed by atoms with Crippen LogP contribution >= 0.6 is 0 Å². The number of urea groups is 1. The lowest BCUT2D eigenvalue weighted by Crippen LogP contribution is -2.39. The van der Waals surface area contributed by atoms with Crippen LogP contribution in [0.3, 0.4) is 0 Å². The number of rotatable bonds is 3. The SMILES string of the molecule is CCOc1ccc2c(c1)CN(C(=O)Nc1c(C)cccc1C)CC2. The molecule has 0 atom stereocenters. The number of anilines is 1. The number of carbonyl (C=O) groups is 1. The smallest absolute Gasteiger partial charge is 0.322 e. The van der Waals surface area contributed by atoms with Gasteiger partial charge in [0.25, 0.3) is 0 Å². The number of ether oxygens (including phenoxy) is 1. The zero-order chi connectivity index (χ0) is 17.1. The van der Waals surface area contributed by atoms with Gasteiger partial charge in [0, 0.05) is 18.8 Å². The molecule has 24 heavy (non-hydrogen) atoms. The van der Waals surface area contributed by atoms with E-state index >= 15 is 0 Å². The Morgan fingerprint density at radius 3 is 2.62 bits per heavy atom. The second-order valence-corrected chi connectivity index (χ2v) is 6.23. The van der Waals surface area contributed by atoms with Gasteiger partial charge < -0.3 is 15.0 Å². The van der Waals surface area contributed by atoms with Crippen LogP contribution in [0.4, 0.5) is 10.5 Å². The number of hydrogen-bond acceptors (Lipinski definition) is 2. The largest absolute Gasteiger partial charge is 0.494 e. The van der Waals surface area contributed by atoms with Crippen LogP contribution < -0.4 is 10.1 Å². The van der Waals surface area contributed by atoms with Gasteiger partial charge in [-0.25, -0.2) is 4.79 Å². The molecule has 0 spiro atoms. The third-order valence-electron chi connectivity index (χ3n) is 4.50. The molecular formula is C20H24N2O2. The van der Waals surface area contributed by atoms with Crippen molar-refractivity contribution in [2.45, 2.75) is 33.7 Å². The lowest BCUT2D eigenvalue weighted by atomic mass is 9.99. The van der Waals surface area contributed by atoms with Crippen LogP contribution in [0.1, 0.15) is 29.2 Å². The maximum atomic E-state index is 12.7. The van der Waals surface area contributed by atoms with E-state index in [0.717, 1.165) is 35.5 Å². The predicted molar refractivity (Wildman–Crippen MR) is 96.7 cm³/mol. The van der Waals surface area contributed by atoms with E-state index in [1.807, 2.05) is 49.9 Å². The van der Waals surface area contributed by atoms with Crippen molar-refractivity contribution in [3.63, 3.8) is 0 Å². The van der Waals surface area contributed by atoms with Crippen LogP contribution in [-0.2, 0) is 13.0 Å². The van der Waals surface area contributed by atoms with E-state index in [9.17, 15) is 4.79 Å². The number of nitrogens with zero attached hydrogens (tertiary/aromatic N) is 1. The molecule has 0 saturated carbocycles. The Morgan fingerprint density at radius 1 is 1.17 bits per heavy atom. The van der Waals surface area contributed by atoms with Gasteiger partial charge in [0.1, 0.15) is 5.75 Å². The highest BCUT2D eigenvalue weighted by molar-refractivity contribution is 5.91. The predicted octanol–water partition coefficient (Wildman–Crippen LogP) is 4.29. The Balaban J connectivity index is 1.74. The molecule has 0 aromatic heterocycles. The van der Waals surface area contributed by atoms with Crippen LogP contribution in [0.15, 0.2) is 36.4 Å². The molecule has 126 valence electrons. The van der Waals surface area contributed by atoms with E-state index < -0.39 is 0 Å². The molecule has 2 aromatic rings. The van der Waals surface area contributed by atoms with Crippen LogP contribution in [0.25, 0.3) is 0 Å². The highest BCUT2D eigenvalue weighted by Crippen LogP contribution is 2.25. The Kier molecular flexibility index (Phi) is 4.74. The number of fused-ring (bicyclic) bond motifs is 1. The number of para-hydroxylation sites is 1. The first-order chi connectivity index (χ1) is 11.6. The van der Waals surface area contributed by atoms with E-state index in [1.54, 1.807) is 0 Å². The second kappa shape index (κ2) is 6.95. The summed E-state index contributed by atoms with van der Waals surface area (Å²) in [6.07, 6.45) is 0.877. The molecule has 1 heterocycles. The molecule has 1 aliphatic heterocycles. The number of nitrogens with one attached hydrogen (secondary N) is 1. The maximum Gasteiger partial charge on any atom is 0.322 e. The van der Waals surface area contributed by atoms with Crippen LogP contribution in [0.2, 0.25) is 0 Å². The molecule has 0 bridgehead atoms. The third-order valence-corrected chi connectivity index (χ3v) is 4.50. The number of hydrogen-bond donors (Lipinski definition) is 1. The number of benzene rings is 2. The van der Waals surface area contributed by atoms with Gasteiger partial charge in [0.2, 0.25) is 0 Å². The molecule has 0 saturated heterocycles. The van der Waals surface area contributed by atoms with Gasteiger partial charge in [-0.1, -0.05) is 24.3 Å². The average Bonchev–Trinajstić information content (AvgIpc) is 2.58. The quantitative estimate of drug-likeness (QED) is 0.915. The van der Waals surface area contributed by atoms with Crippen LogP contribution in [0.5, 0.6) is 5.75 Å². The summed E-state index contributed by atoms with van der Waals surface area (Å²) >= 11 is 0. The lowest BCUT2D eigenvalue weighted by Gasteiger charge is -2.29. The summed E-state index contributed by atoms with van der Waals surface area (Å²) in [5.74, 6) is 0.869. The fourth-order valence-electron chi connectivity index (χ4n) is 3.16. The van der Waals surface area contributed by atoms with Crippen molar-refractivity contribution >= 4 is 11.7 Å². The van der Waals surface area contributed by atoms with Crippen molar-refractivity contribution in [1.82, 2.24) is 4.90 Å². The number of carbonyl (C=O) groups excluding carboxylic acids is 1. The molecule has 0 radical (unpaired) electrons. The minimum atomic E-state index is -0.0418. The molecule has 3 rings (SSSR count). The van der Waals surface area contributed by atoms with Gasteiger partial charge in [-0.3, -0.25) is 0 Å². The second-order valence-electron chi connectivity index (χ2n) is 6.23. The van der Waals surface area contributed by atoms with E-state index in [0.29, 0.717) is 13.2 Å². The first-order valence-corrected chi connectivity index (χ1v) is 8.45. The molecular weight excluding hydrogens is 300 g/mol. The summed E-state index contributed by atoms with van der Waals surface area (Å²) in [5.41, 5.74) is 5.55. The third kappa shape index (κ3) is 3.37. The van der Waals surface area contributed by atoms with Crippen molar-refractivity contribution in [2.75, 3.05) is 18.5 Å². The van der Waals surface area contributed by atoms with Gasteiger partial charge in [-0.05, 0) is 61.6 Å². The van der Waals surface area contributed by atoms with E-state index in [1.165, 1.54) is 11.1 Å². The van der Waals surface area contributed by atoms with Crippen LogP contribution in [-0.4, -0.2) is 24.1 Å². The van der Waals surface area contributed by atoms with Crippen molar-refractivity contribution in [3.8, 4) is 5.75 Å². The van der Waals surface area contributed by atoms with Crippen LogP contribution in [0, 0.1) is 13.8 Å². The van der Waals surface area contributed by atoms with Gasteiger partial charge in [-0.15, -0.1) is 0 Å². The Hall–Kier alpha value is -2.49. The Labute approximate surface area is 143 Å². The Bertz CT molecular complexity index is 735. The van der Waals surface area contributed by atoms with Crippen molar-refractivity contribution in [1.29, 1.82) is 0 Å². The normalized spacial score (nSPS) is 13.4. The molecule has 0 aliphatic carbocycles. The summed E-state index contributed by atoms with van der Waals surface area (Å²) in [7, 11) is 0. The van der Waals surface area contributed by atoms with Gasteiger partial charge in [0.15, 0.2) is 0 Å². The highest BCUT2D eigenvalue weighted by Gasteiger charge is 2.22.